The average Bonchev–Trinajstić information content (AvgIpc) is 2.80. The molecule has 0 amide bonds. The highest BCUT2D eigenvalue weighted by molar-refractivity contribution is 5.03. The van der Waals surface area contributed by atoms with E-state index < -0.39 is 0 Å². The Balaban J connectivity index is 2.60. The van der Waals surface area contributed by atoms with Crippen molar-refractivity contribution >= 4 is 0 Å². The van der Waals surface area contributed by atoms with Crippen molar-refractivity contribution in [3.05, 3.63) is 18.2 Å². The number of hydrogen-bond donors (Lipinski definition) is 1. The van der Waals surface area contributed by atoms with E-state index in [1.807, 2.05) is 17.9 Å². The lowest BCUT2D eigenvalue weighted by atomic mass is 9.91. The fourth-order valence-electron chi connectivity index (χ4n) is 2.48. The molecule has 0 aliphatic carbocycles. The summed E-state index contributed by atoms with van der Waals surface area (Å²) in [4.78, 5) is 4.50. The van der Waals surface area contributed by atoms with Crippen molar-refractivity contribution < 1.29 is 0 Å². The fourth-order valence-corrected chi connectivity index (χ4v) is 2.48. The molecule has 0 aromatic carbocycles. The van der Waals surface area contributed by atoms with Crippen LogP contribution in [0.4, 0.5) is 0 Å². The van der Waals surface area contributed by atoms with Gasteiger partial charge in [-0.3, -0.25) is 0 Å². The summed E-state index contributed by atoms with van der Waals surface area (Å²) in [5.74, 6) is 0.816. The first-order chi connectivity index (χ1) is 8.71. The van der Waals surface area contributed by atoms with Crippen LogP contribution in [0, 0.1) is 5.92 Å². The Kier molecular flexibility index (Phi) is 7.02. The Labute approximate surface area is 112 Å². The molecule has 1 aromatic rings. The zero-order valence-corrected chi connectivity index (χ0v) is 12.4. The minimum Gasteiger partial charge on any atom is -0.340 e. The van der Waals surface area contributed by atoms with Crippen molar-refractivity contribution in [2.45, 2.75) is 58.9 Å². The quantitative estimate of drug-likeness (QED) is 0.725. The van der Waals surface area contributed by atoms with Gasteiger partial charge in [0.1, 0.15) is 0 Å². The molecular formula is C15H29N3. The number of hydrogen-bond acceptors (Lipinski definition) is 2. The number of aromatic nitrogens is 2. The SMILES string of the molecule is CCCCC(CC)CC(NCC)c1cn(C)cn1. The summed E-state index contributed by atoms with van der Waals surface area (Å²) in [5, 5.41) is 3.58. The number of nitrogens with zero attached hydrogens (tertiary/aromatic N) is 2. The highest BCUT2D eigenvalue weighted by Gasteiger charge is 2.17. The van der Waals surface area contributed by atoms with E-state index in [4.69, 9.17) is 0 Å². The molecule has 0 spiro atoms. The maximum absolute atomic E-state index is 4.50. The maximum atomic E-state index is 4.50. The Bertz CT molecular complexity index is 319. The third kappa shape index (κ3) is 4.81. The summed E-state index contributed by atoms with van der Waals surface area (Å²) < 4.78 is 2.03. The molecule has 3 heteroatoms. The Morgan fingerprint density at radius 2 is 2.11 bits per heavy atom. The second-order valence-corrected chi connectivity index (χ2v) is 5.23. The minimum absolute atomic E-state index is 0.415. The summed E-state index contributed by atoms with van der Waals surface area (Å²) >= 11 is 0. The highest BCUT2D eigenvalue weighted by Crippen LogP contribution is 2.25. The van der Waals surface area contributed by atoms with Crippen LogP contribution >= 0.6 is 0 Å². The van der Waals surface area contributed by atoms with Gasteiger partial charge in [-0.15, -0.1) is 0 Å². The predicted octanol–water partition coefficient (Wildman–Crippen LogP) is 3.68. The second-order valence-electron chi connectivity index (χ2n) is 5.23. The Morgan fingerprint density at radius 1 is 1.33 bits per heavy atom. The smallest absolute Gasteiger partial charge is 0.0947 e. The third-order valence-electron chi connectivity index (χ3n) is 3.64. The lowest BCUT2D eigenvalue weighted by Gasteiger charge is -2.22. The number of imidazole rings is 1. The van der Waals surface area contributed by atoms with Gasteiger partial charge in [-0.2, -0.15) is 0 Å². The lowest BCUT2D eigenvalue weighted by Crippen LogP contribution is -2.24. The van der Waals surface area contributed by atoms with E-state index in [0.29, 0.717) is 6.04 Å². The van der Waals surface area contributed by atoms with Gasteiger partial charge >= 0.3 is 0 Å². The molecule has 3 nitrogen and oxygen atoms in total. The Hall–Kier alpha value is -0.830. The van der Waals surface area contributed by atoms with Crippen LogP contribution in [0.2, 0.25) is 0 Å². The summed E-state index contributed by atoms with van der Waals surface area (Å²) in [6.07, 6.45) is 10.5. The van der Waals surface area contributed by atoms with Crippen LogP contribution in [0.3, 0.4) is 0 Å². The highest BCUT2D eigenvalue weighted by atomic mass is 15.0. The van der Waals surface area contributed by atoms with Crippen LogP contribution in [-0.4, -0.2) is 16.1 Å². The standard InChI is InChI=1S/C15H29N3/c1-5-8-9-13(6-2)10-14(16-7-3)15-11-18(4)12-17-15/h11-14,16H,5-10H2,1-4H3. The molecule has 0 bridgehead atoms. The van der Waals surface area contributed by atoms with Gasteiger partial charge in [0.15, 0.2) is 0 Å². The number of aryl methyl sites for hydroxylation is 1. The molecule has 0 fully saturated rings. The van der Waals surface area contributed by atoms with Gasteiger partial charge in [0.05, 0.1) is 18.1 Å². The van der Waals surface area contributed by atoms with Crippen LogP contribution in [0.1, 0.15) is 64.6 Å². The number of unbranched alkanes of at least 4 members (excludes halogenated alkanes) is 1. The van der Waals surface area contributed by atoms with Gasteiger partial charge in [-0.1, -0.05) is 46.5 Å². The molecule has 2 atom stereocenters. The van der Waals surface area contributed by atoms with Gasteiger partial charge in [0.2, 0.25) is 0 Å². The first-order valence-electron chi connectivity index (χ1n) is 7.42. The molecule has 1 aromatic heterocycles. The van der Waals surface area contributed by atoms with Crippen molar-refractivity contribution in [3.8, 4) is 0 Å². The van der Waals surface area contributed by atoms with E-state index in [1.54, 1.807) is 0 Å². The molecule has 1 N–H and O–H groups in total. The predicted molar refractivity (Wildman–Crippen MR) is 77.5 cm³/mol. The minimum atomic E-state index is 0.415. The molecule has 0 saturated carbocycles. The monoisotopic (exact) mass is 251 g/mol. The van der Waals surface area contributed by atoms with Crippen LogP contribution in [-0.2, 0) is 7.05 Å². The molecule has 104 valence electrons. The third-order valence-corrected chi connectivity index (χ3v) is 3.64. The van der Waals surface area contributed by atoms with Crippen molar-refractivity contribution in [3.63, 3.8) is 0 Å². The topological polar surface area (TPSA) is 29.9 Å². The van der Waals surface area contributed by atoms with Gasteiger partial charge in [-0.25, -0.2) is 4.98 Å². The van der Waals surface area contributed by atoms with Crippen molar-refractivity contribution in [2.24, 2.45) is 13.0 Å². The summed E-state index contributed by atoms with van der Waals surface area (Å²) in [7, 11) is 2.04. The first kappa shape index (κ1) is 15.2. The molecule has 1 rings (SSSR count). The zero-order chi connectivity index (χ0) is 13.4. The van der Waals surface area contributed by atoms with E-state index in [2.05, 4.69) is 37.3 Å². The Morgan fingerprint density at radius 3 is 2.61 bits per heavy atom. The largest absolute Gasteiger partial charge is 0.340 e. The maximum Gasteiger partial charge on any atom is 0.0947 e. The normalized spacial score (nSPS) is 14.7. The molecule has 0 radical (unpaired) electrons. The van der Waals surface area contributed by atoms with E-state index >= 15 is 0 Å². The molecule has 0 saturated heterocycles. The van der Waals surface area contributed by atoms with Crippen molar-refractivity contribution in [1.29, 1.82) is 0 Å². The number of rotatable bonds is 9. The van der Waals surface area contributed by atoms with Crippen LogP contribution in [0.5, 0.6) is 0 Å². The fraction of sp³-hybridized carbons (Fsp3) is 0.800. The van der Waals surface area contributed by atoms with E-state index in [-0.39, 0.29) is 0 Å². The van der Waals surface area contributed by atoms with E-state index in [9.17, 15) is 0 Å². The molecule has 1 heterocycles. The molecule has 0 aliphatic rings. The summed E-state index contributed by atoms with van der Waals surface area (Å²) in [5.41, 5.74) is 1.19. The first-order valence-corrected chi connectivity index (χ1v) is 7.42. The number of nitrogens with one attached hydrogen (secondary N) is 1. The average molecular weight is 251 g/mol. The molecule has 0 aliphatic heterocycles. The molecular weight excluding hydrogens is 222 g/mol. The lowest BCUT2D eigenvalue weighted by molar-refractivity contribution is 0.353. The summed E-state index contributed by atoms with van der Waals surface area (Å²) in [6.45, 7) is 7.75. The second kappa shape index (κ2) is 8.30. The van der Waals surface area contributed by atoms with Gasteiger partial charge in [-0.05, 0) is 18.9 Å². The van der Waals surface area contributed by atoms with Gasteiger partial charge < -0.3 is 9.88 Å². The van der Waals surface area contributed by atoms with Crippen LogP contribution in [0.25, 0.3) is 0 Å². The van der Waals surface area contributed by atoms with Crippen LogP contribution in [0.15, 0.2) is 12.5 Å². The van der Waals surface area contributed by atoms with Crippen LogP contribution < -0.4 is 5.32 Å². The van der Waals surface area contributed by atoms with E-state index in [0.717, 1.165) is 12.5 Å². The summed E-state index contributed by atoms with van der Waals surface area (Å²) in [6, 6.07) is 0.415. The van der Waals surface area contributed by atoms with Gasteiger partial charge in [0.25, 0.3) is 0 Å². The molecule has 18 heavy (non-hydrogen) atoms. The molecule has 2 unspecified atom stereocenters. The zero-order valence-electron chi connectivity index (χ0n) is 12.4. The van der Waals surface area contributed by atoms with Crippen molar-refractivity contribution in [2.75, 3.05) is 6.54 Å². The van der Waals surface area contributed by atoms with E-state index in [1.165, 1.54) is 37.8 Å². The van der Waals surface area contributed by atoms with Gasteiger partial charge in [0, 0.05) is 13.2 Å². The van der Waals surface area contributed by atoms with Crippen molar-refractivity contribution in [1.82, 2.24) is 14.9 Å².